The van der Waals surface area contributed by atoms with Gasteiger partial charge in [-0.2, -0.15) is 0 Å². The van der Waals surface area contributed by atoms with Crippen LogP contribution in [0.15, 0.2) is 17.0 Å². The van der Waals surface area contributed by atoms with Crippen LogP contribution in [0.3, 0.4) is 0 Å². The zero-order valence-corrected chi connectivity index (χ0v) is 13.0. The van der Waals surface area contributed by atoms with Crippen LogP contribution in [-0.2, 0) is 16.6 Å². The van der Waals surface area contributed by atoms with Gasteiger partial charge in [-0.1, -0.05) is 18.5 Å². The van der Waals surface area contributed by atoms with Crippen LogP contribution < -0.4 is 10.0 Å². The molecule has 1 aromatic carbocycles. The second kappa shape index (κ2) is 5.60. The fourth-order valence-electron chi connectivity index (χ4n) is 1.87. The van der Waals surface area contributed by atoms with Gasteiger partial charge in [0, 0.05) is 23.7 Å². The van der Waals surface area contributed by atoms with Crippen molar-refractivity contribution in [2.75, 3.05) is 13.6 Å². The second-order valence-electron chi connectivity index (χ2n) is 5.54. The topological polar surface area (TPSA) is 58.2 Å². The van der Waals surface area contributed by atoms with Crippen LogP contribution in [0.5, 0.6) is 0 Å². The molecule has 112 valence electrons. The van der Waals surface area contributed by atoms with Crippen LogP contribution in [0, 0.1) is 11.2 Å². The summed E-state index contributed by atoms with van der Waals surface area (Å²) in [5.74, 6) is -0.753. The van der Waals surface area contributed by atoms with E-state index < -0.39 is 15.8 Å². The minimum atomic E-state index is -3.88. The Morgan fingerprint density at radius 3 is 2.60 bits per heavy atom. The number of benzene rings is 1. The van der Waals surface area contributed by atoms with Gasteiger partial charge >= 0.3 is 0 Å². The maximum Gasteiger partial charge on any atom is 0.243 e. The molecule has 0 heterocycles. The molecule has 0 spiro atoms. The van der Waals surface area contributed by atoms with Crippen molar-refractivity contribution < 1.29 is 12.8 Å². The highest BCUT2D eigenvalue weighted by Gasteiger charge is 2.38. The van der Waals surface area contributed by atoms with E-state index in [4.69, 9.17) is 11.6 Å². The Morgan fingerprint density at radius 2 is 2.05 bits per heavy atom. The van der Waals surface area contributed by atoms with E-state index in [-0.39, 0.29) is 27.4 Å². The van der Waals surface area contributed by atoms with Gasteiger partial charge < -0.3 is 5.32 Å². The van der Waals surface area contributed by atoms with E-state index in [9.17, 15) is 12.8 Å². The summed E-state index contributed by atoms with van der Waals surface area (Å²) in [4.78, 5) is -0.389. The fraction of sp³-hybridized carbons (Fsp3) is 0.538. The third-order valence-corrected chi connectivity index (χ3v) is 5.15. The minimum absolute atomic E-state index is 0.00985. The standard InChI is InChI=1S/C13H18ClFN2O2S/c1-13(3-4-13)8-17-20(18,19)11-6-10(14)5-9(7-16-2)12(11)15/h5-6,16-17H,3-4,7-8H2,1-2H3. The minimum Gasteiger partial charge on any atom is -0.316 e. The van der Waals surface area contributed by atoms with Gasteiger partial charge in [-0.3, -0.25) is 0 Å². The fourth-order valence-corrected chi connectivity index (χ4v) is 3.52. The van der Waals surface area contributed by atoms with Gasteiger partial charge in [-0.15, -0.1) is 0 Å². The number of nitrogens with one attached hydrogen (secondary N) is 2. The normalized spacial score (nSPS) is 17.2. The van der Waals surface area contributed by atoms with E-state index in [2.05, 4.69) is 10.0 Å². The molecular formula is C13H18ClFN2O2S. The zero-order chi connectivity index (χ0) is 15.0. The molecule has 1 fully saturated rings. The smallest absolute Gasteiger partial charge is 0.243 e. The molecule has 0 atom stereocenters. The molecule has 4 nitrogen and oxygen atoms in total. The number of halogens is 2. The second-order valence-corrected chi connectivity index (χ2v) is 7.71. The van der Waals surface area contributed by atoms with Gasteiger partial charge in [0.25, 0.3) is 0 Å². The summed E-state index contributed by atoms with van der Waals surface area (Å²) >= 11 is 5.88. The van der Waals surface area contributed by atoms with E-state index in [1.165, 1.54) is 6.07 Å². The number of rotatable bonds is 6. The van der Waals surface area contributed by atoms with Crippen LogP contribution in [0.2, 0.25) is 5.02 Å². The molecule has 20 heavy (non-hydrogen) atoms. The first-order chi connectivity index (χ1) is 9.27. The largest absolute Gasteiger partial charge is 0.316 e. The summed E-state index contributed by atoms with van der Waals surface area (Å²) < 4.78 is 41.1. The molecule has 0 bridgehead atoms. The number of hydrogen-bond acceptors (Lipinski definition) is 3. The number of hydrogen-bond donors (Lipinski definition) is 2. The molecular weight excluding hydrogens is 303 g/mol. The van der Waals surface area contributed by atoms with Gasteiger partial charge in [-0.25, -0.2) is 17.5 Å². The average molecular weight is 321 g/mol. The molecule has 0 radical (unpaired) electrons. The molecule has 1 aliphatic rings. The van der Waals surface area contributed by atoms with Crippen molar-refractivity contribution in [1.82, 2.24) is 10.0 Å². The number of sulfonamides is 1. The maximum atomic E-state index is 14.3. The summed E-state index contributed by atoms with van der Waals surface area (Å²) in [6.45, 7) is 2.53. The van der Waals surface area contributed by atoms with E-state index >= 15 is 0 Å². The van der Waals surface area contributed by atoms with Crippen LogP contribution >= 0.6 is 11.6 Å². The lowest BCUT2D eigenvalue weighted by Crippen LogP contribution is -2.30. The molecule has 1 aromatic rings. The Hall–Kier alpha value is -0.690. The molecule has 2 N–H and O–H groups in total. The first-order valence-electron chi connectivity index (χ1n) is 6.40. The molecule has 0 amide bonds. The van der Waals surface area contributed by atoms with Crippen molar-refractivity contribution in [3.8, 4) is 0 Å². The highest BCUT2D eigenvalue weighted by atomic mass is 35.5. The van der Waals surface area contributed by atoms with Gasteiger partial charge in [0.1, 0.15) is 10.7 Å². The van der Waals surface area contributed by atoms with Crippen molar-refractivity contribution in [3.05, 3.63) is 28.5 Å². The molecule has 1 saturated carbocycles. The van der Waals surface area contributed by atoms with Gasteiger partial charge in [0.05, 0.1) is 0 Å². The van der Waals surface area contributed by atoms with Crippen molar-refractivity contribution in [1.29, 1.82) is 0 Å². The lowest BCUT2D eigenvalue weighted by Gasteiger charge is -2.13. The highest BCUT2D eigenvalue weighted by Crippen LogP contribution is 2.44. The summed E-state index contributed by atoms with van der Waals surface area (Å²) in [7, 11) is -2.23. The molecule has 0 aromatic heterocycles. The van der Waals surface area contributed by atoms with Crippen LogP contribution in [0.1, 0.15) is 25.3 Å². The Morgan fingerprint density at radius 1 is 1.40 bits per heavy atom. The van der Waals surface area contributed by atoms with Crippen LogP contribution in [0.25, 0.3) is 0 Å². The maximum absolute atomic E-state index is 14.3. The van der Waals surface area contributed by atoms with Crippen molar-refractivity contribution in [2.45, 2.75) is 31.2 Å². The Balaban J connectivity index is 2.30. The summed E-state index contributed by atoms with van der Waals surface area (Å²) in [6.07, 6.45) is 1.97. The molecule has 0 aliphatic heterocycles. The Labute approximate surface area is 123 Å². The first kappa shape index (κ1) is 15.7. The third kappa shape index (κ3) is 3.49. The SMILES string of the molecule is CNCc1cc(Cl)cc(S(=O)(=O)NCC2(C)CC2)c1F. The Kier molecular flexibility index (Phi) is 4.39. The summed E-state index contributed by atoms with van der Waals surface area (Å²) in [5, 5.41) is 2.99. The van der Waals surface area contributed by atoms with E-state index in [1.54, 1.807) is 7.05 Å². The van der Waals surface area contributed by atoms with Crippen LogP contribution in [0.4, 0.5) is 4.39 Å². The van der Waals surface area contributed by atoms with Crippen molar-refractivity contribution in [2.24, 2.45) is 5.41 Å². The molecule has 2 rings (SSSR count). The van der Waals surface area contributed by atoms with Crippen molar-refractivity contribution >= 4 is 21.6 Å². The Bertz CT molecular complexity index is 615. The van der Waals surface area contributed by atoms with Gasteiger partial charge in [-0.05, 0) is 37.4 Å². The predicted octanol–water partition coefficient (Wildman–Crippen LogP) is 2.28. The lowest BCUT2D eigenvalue weighted by molar-refractivity contribution is 0.519. The monoisotopic (exact) mass is 320 g/mol. The molecule has 1 aliphatic carbocycles. The summed E-state index contributed by atoms with van der Waals surface area (Å²) in [6, 6.07) is 2.57. The third-order valence-electron chi connectivity index (χ3n) is 3.53. The average Bonchev–Trinajstić information content (AvgIpc) is 3.10. The molecule has 0 saturated heterocycles. The predicted molar refractivity (Wildman–Crippen MR) is 76.7 cm³/mol. The zero-order valence-electron chi connectivity index (χ0n) is 11.5. The summed E-state index contributed by atoms with van der Waals surface area (Å²) in [5.41, 5.74) is 0.244. The van der Waals surface area contributed by atoms with Crippen LogP contribution in [-0.4, -0.2) is 22.0 Å². The van der Waals surface area contributed by atoms with E-state index in [0.29, 0.717) is 6.54 Å². The van der Waals surface area contributed by atoms with E-state index in [0.717, 1.165) is 18.9 Å². The highest BCUT2D eigenvalue weighted by molar-refractivity contribution is 7.89. The quantitative estimate of drug-likeness (QED) is 0.845. The molecule has 7 heteroatoms. The van der Waals surface area contributed by atoms with Gasteiger partial charge in [0.15, 0.2) is 0 Å². The molecule has 0 unspecified atom stereocenters. The first-order valence-corrected chi connectivity index (χ1v) is 8.26. The van der Waals surface area contributed by atoms with Gasteiger partial charge in [0.2, 0.25) is 10.0 Å². The lowest BCUT2D eigenvalue weighted by atomic mass is 10.2. The van der Waals surface area contributed by atoms with E-state index in [1.807, 2.05) is 6.92 Å². The van der Waals surface area contributed by atoms with Crippen molar-refractivity contribution in [3.63, 3.8) is 0 Å².